The molecule has 0 saturated carbocycles. The van der Waals surface area contributed by atoms with E-state index < -0.39 is 0 Å². The standard InChI is InChI=1S/C15H22N2O2S2/c18-14(10-13-2-1-8-21-13)16-11-15(3-9-20-12-15)17-4-6-19-7-5-17/h1-2,8H,3-7,9-12H2,(H,16,18). The first-order valence-electron chi connectivity index (χ1n) is 7.48. The van der Waals surface area contributed by atoms with Crippen LogP contribution in [-0.2, 0) is 16.0 Å². The van der Waals surface area contributed by atoms with Gasteiger partial charge in [0.05, 0.1) is 19.6 Å². The summed E-state index contributed by atoms with van der Waals surface area (Å²) >= 11 is 3.64. The van der Waals surface area contributed by atoms with Crippen molar-refractivity contribution < 1.29 is 9.53 Å². The van der Waals surface area contributed by atoms with E-state index in [0.29, 0.717) is 6.42 Å². The van der Waals surface area contributed by atoms with Crippen molar-refractivity contribution in [1.82, 2.24) is 10.2 Å². The Kier molecular flexibility index (Phi) is 5.21. The van der Waals surface area contributed by atoms with E-state index in [1.165, 1.54) is 5.75 Å². The molecule has 2 fully saturated rings. The molecule has 0 aromatic carbocycles. The first-order valence-corrected chi connectivity index (χ1v) is 9.52. The highest BCUT2D eigenvalue weighted by Crippen LogP contribution is 2.33. The van der Waals surface area contributed by atoms with E-state index in [4.69, 9.17) is 4.74 Å². The van der Waals surface area contributed by atoms with E-state index in [1.807, 2.05) is 29.3 Å². The highest BCUT2D eigenvalue weighted by molar-refractivity contribution is 7.99. The molecule has 0 radical (unpaired) electrons. The molecule has 1 N–H and O–H groups in total. The number of morpholine rings is 1. The number of rotatable bonds is 5. The van der Waals surface area contributed by atoms with Gasteiger partial charge in [0.1, 0.15) is 0 Å². The molecule has 6 heteroatoms. The molecule has 1 aromatic rings. The first kappa shape index (κ1) is 15.3. The lowest BCUT2D eigenvalue weighted by Crippen LogP contribution is -2.59. The maximum Gasteiger partial charge on any atom is 0.225 e. The van der Waals surface area contributed by atoms with Crippen LogP contribution >= 0.6 is 23.1 Å². The number of nitrogens with one attached hydrogen (secondary N) is 1. The smallest absolute Gasteiger partial charge is 0.225 e. The minimum Gasteiger partial charge on any atom is -0.379 e. The third kappa shape index (κ3) is 3.80. The molecule has 3 heterocycles. The van der Waals surface area contributed by atoms with Crippen molar-refractivity contribution in [3.63, 3.8) is 0 Å². The summed E-state index contributed by atoms with van der Waals surface area (Å²) in [5.74, 6) is 2.45. The molecular formula is C15H22N2O2S2. The van der Waals surface area contributed by atoms with Crippen molar-refractivity contribution in [1.29, 1.82) is 0 Å². The van der Waals surface area contributed by atoms with Crippen LogP contribution in [0.2, 0.25) is 0 Å². The lowest BCUT2D eigenvalue weighted by molar-refractivity contribution is -0.121. The molecule has 116 valence electrons. The Morgan fingerprint density at radius 3 is 2.95 bits per heavy atom. The number of hydrogen-bond acceptors (Lipinski definition) is 5. The number of thioether (sulfide) groups is 1. The van der Waals surface area contributed by atoms with E-state index in [2.05, 4.69) is 10.2 Å². The molecule has 2 saturated heterocycles. The zero-order valence-corrected chi connectivity index (χ0v) is 13.8. The van der Waals surface area contributed by atoms with E-state index in [9.17, 15) is 4.79 Å². The molecule has 21 heavy (non-hydrogen) atoms. The zero-order chi connectivity index (χ0) is 14.5. The summed E-state index contributed by atoms with van der Waals surface area (Å²) in [5, 5.41) is 5.19. The molecule has 1 amide bonds. The van der Waals surface area contributed by atoms with Crippen molar-refractivity contribution in [2.24, 2.45) is 0 Å². The molecular weight excluding hydrogens is 304 g/mol. The fourth-order valence-corrected chi connectivity index (χ4v) is 5.21. The predicted molar refractivity (Wildman–Crippen MR) is 88.1 cm³/mol. The third-order valence-electron chi connectivity index (χ3n) is 4.29. The molecule has 1 unspecified atom stereocenters. The summed E-state index contributed by atoms with van der Waals surface area (Å²) < 4.78 is 5.47. The van der Waals surface area contributed by atoms with Crippen molar-refractivity contribution in [2.75, 3.05) is 44.4 Å². The monoisotopic (exact) mass is 326 g/mol. The molecule has 0 spiro atoms. The van der Waals surface area contributed by atoms with Crippen LogP contribution in [-0.4, -0.2) is 60.7 Å². The van der Waals surface area contributed by atoms with Gasteiger partial charge in [-0.2, -0.15) is 11.8 Å². The number of carbonyl (C=O) groups excluding carboxylic acids is 1. The zero-order valence-electron chi connectivity index (χ0n) is 12.2. The van der Waals surface area contributed by atoms with Crippen LogP contribution in [0.25, 0.3) is 0 Å². The summed E-state index contributed by atoms with van der Waals surface area (Å²) in [6, 6.07) is 4.02. The Hall–Kier alpha value is -0.560. The van der Waals surface area contributed by atoms with Gasteiger partial charge in [-0.3, -0.25) is 9.69 Å². The van der Waals surface area contributed by atoms with Crippen LogP contribution in [0.3, 0.4) is 0 Å². The normalized spacial score (nSPS) is 26.9. The molecule has 1 atom stereocenters. The van der Waals surface area contributed by atoms with Gasteiger partial charge in [-0.05, 0) is 23.6 Å². The fourth-order valence-electron chi connectivity index (χ4n) is 3.03. The molecule has 0 aliphatic carbocycles. The predicted octanol–water partition coefficient (Wildman–Crippen LogP) is 1.61. The number of nitrogens with zero attached hydrogens (tertiary/aromatic N) is 1. The second kappa shape index (κ2) is 7.13. The number of hydrogen-bond donors (Lipinski definition) is 1. The second-order valence-corrected chi connectivity index (χ2v) is 7.80. The topological polar surface area (TPSA) is 41.6 Å². The fraction of sp³-hybridized carbons (Fsp3) is 0.667. The lowest BCUT2D eigenvalue weighted by atomic mass is 9.95. The van der Waals surface area contributed by atoms with Gasteiger partial charge in [0, 0.05) is 35.8 Å². The lowest BCUT2D eigenvalue weighted by Gasteiger charge is -2.43. The number of carbonyl (C=O) groups is 1. The summed E-state index contributed by atoms with van der Waals surface area (Å²) in [4.78, 5) is 15.8. The SMILES string of the molecule is O=C(Cc1cccs1)NCC1(N2CCOCC2)CCSC1. The second-order valence-electron chi connectivity index (χ2n) is 5.66. The number of thiophene rings is 1. The Balaban J connectivity index is 1.56. The Morgan fingerprint density at radius 2 is 2.29 bits per heavy atom. The number of ether oxygens (including phenoxy) is 1. The van der Waals surface area contributed by atoms with Gasteiger partial charge < -0.3 is 10.1 Å². The molecule has 4 nitrogen and oxygen atoms in total. The summed E-state index contributed by atoms with van der Waals surface area (Å²) in [6.07, 6.45) is 1.67. The van der Waals surface area contributed by atoms with Crippen molar-refractivity contribution in [3.8, 4) is 0 Å². The molecule has 0 bridgehead atoms. The molecule has 2 aliphatic heterocycles. The number of amides is 1. The van der Waals surface area contributed by atoms with Crippen LogP contribution in [0.1, 0.15) is 11.3 Å². The molecule has 3 rings (SSSR count). The van der Waals surface area contributed by atoms with E-state index in [0.717, 1.165) is 49.9 Å². The van der Waals surface area contributed by atoms with Gasteiger partial charge in [-0.1, -0.05) is 6.07 Å². The summed E-state index contributed by atoms with van der Waals surface area (Å²) in [5.41, 5.74) is 0.138. The average molecular weight is 326 g/mol. The first-order chi connectivity index (χ1) is 10.3. The Labute approximate surface area is 134 Å². The van der Waals surface area contributed by atoms with Gasteiger partial charge >= 0.3 is 0 Å². The summed E-state index contributed by atoms with van der Waals surface area (Å²) in [6.45, 7) is 4.37. The Morgan fingerprint density at radius 1 is 1.43 bits per heavy atom. The summed E-state index contributed by atoms with van der Waals surface area (Å²) in [7, 11) is 0. The van der Waals surface area contributed by atoms with Crippen molar-refractivity contribution in [2.45, 2.75) is 18.4 Å². The van der Waals surface area contributed by atoms with Crippen molar-refractivity contribution >= 4 is 29.0 Å². The van der Waals surface area contributed by atoms with Crippen LogP contribution in [0.5, 0.6) is 0 Å². The van der Waals surface area contributed by atoms with E-state index in [-0.39, 0.29) is 11.4 Å². The van der Waals surface area contributed by atoms with E-state index >= 15 is 0 Å². The highest BCUT2D eigenvalue weighted by Gasteiger charge is 2.40. The highest BCUT2D eigenvalue weighted by atomic mass is 32.2. The van der Waals surface area contributed by atoms with Gasteiger partial charge in [-0.15, -0.1) is 11.3 Å². The van der Waals surface area contributed by atoms with E-state index in [1.54, 1.807) is 11.3 Å². The van der Waals surface area contributed by atoms with Crippen LogP contribution in [0.15, 0.2) is 17.5 Å². The average Bonchev–Trinajstić information content (AvgIpc) is 3.18. The molecule has 1 aromatic heterocycles. The van der Waals surface area contributed by atoms with Crippen LogP contribution < -0.4 is 5.32 Å². The minimum absolute atomic E-state index is 0.138. The Bertz CT molecular complexity index is 452. The van der Waals surface area contributed by atoms with Gasteiger partial charge in [0.15, 0.2) is 0 Å². The largest absolute Gasteiger partial charge is 0.379 e. The third-order valence-corrected chi connectivity index (χ3v) is 6.40. The van der Waals surface area contributed by atoms with Gasteiger partial charge in [0.25, 0.3) is 0 Å². The maximum atomic E-state index is 12.1. The quantitative estimate of drug-likeness (QED) is 0.893. The van der Waals surface area contributed by atoms with Gasteiger partial charge in [-0.25, -0.2) is 0 Å². The van der Waals surface area contributed by atoms with Crippen LogP contribution in [0, 0.1) is 0 Å². The van der Waals surface area contributed by atoms with Crippen LogP contribution in [0.4, 0.5) is 0 Å². The molecule has 2 aliphatic rings. The van der Waals surface area contributed by atoms with Crippen molar-refractivity contribution in [3.05, 3.63) is 22.4 Å². The minimum atomic E-state index is 0.138. The van der Waals surface area contributed by atoms with Gasteiger partial charge in [0.2, 0.25) is 5.91 Å². The maximum absolute atomic E-state index is 12.1.